The lowest BCUT2D eigenvalue weighted by atomic mass is 9.98. The fourth-order valence-electron chi connectivity index (χ4n) is 4.51. The van der Waals surface area contributed by atoms with Gasteiger partial charge >= 0.3 is 0 Å². The summed E-state index contributed by atoms with van der Waals surface area (Å²) in [6.45, 7) is 13.4. The van der Waals surface area contributed by atoms with Gasteiger partial charge in [0.15, 0.2) is 6.29 Å². The molecule has 4 rings (SSSR count). The van der Waals surface area contributed by atoms with Crippen molar-refractivity contribution in [2.75, 3.05) is 73.6 Å². The van der Waals surface area contributed by atoms with Crippen molar-refractivity contribution in [3.05, 3.63) is 23.3 Å². The van der Waals surface area contributed by atoms with E-state index in [1.165, 1.54) is 78.6 Å². The molecule has 0 bridgehead atoms. The Kier molecular flexibility index (Phi) is 15.6. The first-order valence-electron chi connectivity index (χ1n) is 13.6. The Balaban J connectivity index is 0.000000202. The fourth-order valence-corrected chi connectivity index (χ4v) is 4.64. The zero-order valence-corrected chi connectivity index (χ0v) is 24.8. The van der Waals surface area contributed by atoms with Crippen molar-refractivity contribution in [2.24, 2.45) is 16.1 Å². The van der Waals surface area contributed by atoms with Gasteiger partial charge in [-0.1, -0.05) is 0 Å². The van der Waals surface area contributed by atoms with E-state index in [1.54, 1.807) is 7.11 Å². The normalized spacial score (nSPS) is 20.7. The Bertz CT molecular complexity index is 864. The lowest BCUT2D eigenvalue weighted by Crippen LogP contribution is -2.47. The van der Waals surface area contributed by atoms with Crippen LogP contribution in [0.4, 0.5) is 0 Å². The molecular weight excluding hydrogens is 500 g/mol. The molecule has 0 amide bonds. The number of thiol groups is 1. The van der Waals surface area contributed by atoms with Gasteiger partial charge in [0.2, 0.25) is 5.90 Å². The summed E-state index contributed by atoms with van der Waals surface area (Å²) >= 11 is 4.34. The van der Waals surface area contributed by atoms with Gasteiger partial charge in [0.1, 0.15) is 5.75 Å². The molecule has 1 saturated carbocycles. The number of rotatable bonds is 8. The molecule has 38 heavy (non-hydrogen) atoms. The van der Waals surface area contributed by atoms with E-state index in [0.717, 1.165) is 33.9 Å². The van der Waals surface area contributed by atoms with E-state index in [2.05, 4.69) is 50.3 Å². The van der Waals surface area contributed by atoms with E-state index >= 15 is 0 Å². The highest BCUT2D eigenvalue weighted by Gasteiger charge is 2.21. The zero-order valence-electron chi connectivity index (χ0n) is 23.9. The molecule has 3 fully saturated rings. The second kappa shape index (κ2) is 18.3. The number of piperazine rings is 1. The van der Waals surface area contributed by atoms with E-state index in [4.69, 9.17) is 9.47 Å². The summed E-state index contributed by atoms with van der Waals surface area (Å²) in [6, 6.07) is 4.57. The molecule has 1 atom stereocenters. The average Bonchev–Trinajstić information content (AvgIpc) is 3.75. The first kappa shape index (κ1) is 32.2. The monoisotopic (exact) mass is 548 g/mol. The van der Waals surface area contributed by atoms with Crippen LogP contribution in [-0.2, 0) is 9.53 Å². The van der Waals surface area contributed by atoms with E-state index in [-0.39, 0.29) is 0 Å². The maximum Gasteiger partial charge on any atom is 0.222 e. The maximum atomic E-state index is 9.88. The summed E-state index contributed by atoms with van der Waals surface area (Å²) in [5.74, 6) is 2.31. The highest BCUT2D eigenvalue weighted by atomic mass is 32.1. The van der Waals surface area contributed by atoms with Crippen molar-refractivity contribution >= 4 is 31.0 Å². The smallest absolute Gasteiger partial charge is 0.222 e. The van der Waals surface area contributed by atoms with Crippen molar-refractivity contribution in [2.45, 2.75) is 50.5 Å². The molecular formula is C28H48N6O3S. The molecule has 10 heteroatoms. The standard InChI is InChI=1S/C11H23N3.C9H12OS.C8H13N3O2/c1-13-6-2-3-11(9-13)10-14-7-4-12-5-8-14;1-6-4-8(10-3)5-7(2)9(6)11;1-13-8(11-10-4-5-12)6-9-7-2-3-7/h11-12H,2-10H2,1H3;4-5,11H,1-3H3;4-5,7,9H,2-3,6H2,1H3/b;;10-4+,11-8-. The minimum Gasteiger partial charge on any atom is -0.497 e. The van der Waals surface area contributed by atoms with Crippen molar-refractivity contribution in [3.63, 3.8) is 0 Å². The molecule has 9 nitrogen and oxygen atoms in total. The molecule has 1 aromatic carbocycles. The lowest BCUT2D eigenvalue weighted by molar-refractivity contribution is -0.102. The Morgan fingerprint density at radius 3 is 2.39 bits per heavy atom. The molecule has 2 saturated heterocycles. The highest BCUT2D eigenvalue weighted by molar-refractivity contribution is 7.80. The fraction of sp³-hybridized carbons (Fsp3) is 0.679. The predicted octanol–water partition coefficient (Wildman–Crippen LogP) is 2.80. The first-order valence-corrected chi connectivity index (χ1v) is 14.1. The third-order valence-corrected chi connectivity index (χ3v) is 7.51. The molecule has 2 heterocycles. The van der Waals surface area contributed by atoms with Crippen LogP contribution in [0.25, 0.3) is 0 Å². The van der Waals surface area contributed by atoms with Gasteiger partial charge in [0.05, 0.1) is 27.0 Å². The van der Waals surface area contributed by atoms with Gasteiger partial charge in [-0.05, 0) is 82.3 Å². The van der Waals surface area contributed by atoms with Crippen molar-refractivity contribution in [1.82, 2.24) is 20.4 Å². The van der Waals surface area contributed by atoms with Crippen molar-refractivity contribution in [1.29, 1.82) is 0 Å². The van der Waals surface area contributed by atoms with Gasteiger partial charge in [0, 0.05) is 50.2 Å². The molecule has 1 aliphatic carbocycles. The van der Waals surface area contributed by atoms with E-state index in [9.17, 15) is 4.79 Å². The summed E-state index contributed by atoms with van der Waals surface area (Å²) in [5, 5.41) is 13.8. The Labute approximate surface area is 234 Å². The second-order valence-electron chi connectivity index (χ2n) is 10.2. The topological polar surface area (TPSA) is 90.8 Å². The molecule has 0 radical (unpaired) electrons. The number of aryl methyl sites for hydroxylation is 2. The van der Waals surface area contributed by atoms with Crippen LogP contribution in [0.1, 0.15) is 36.8 Å². The van der Waals surface area contributed by atoms with E-state index < -0.39 is 0 Å². The van der Waals surface area contributed by atoms with Crippen LogP contribution in [0.5, 0.6) is 5.75 Å². The lowest BCUT2D eigenvalue weighted by Gasteiger charge is -2.35. The number of carbonyl (C=O) groups excluding carboxylic acids is 1. The van der Waals surface area contributed by atoms with Crippen LogP contribution in [0, 0.1) is 19.8 Å². The Hall–Kier alpha value is -1.98. The van der Waals surface area contributed by atoms with Gasteiger partial charge in [-0.15, -0.1) is 17.7 Å². The molecule has 1 aromatic rings. The van der Waals surface area contributed by atoms with Gasteiger partial charge in [-0.3, -0.25) is 4.79 Å². The number of nitrogens with one attached hydrogen (secondary N) is 2. The predicted molar refractivity (Wildman–Crippen MR) is 159 cm³/mol. The van der Waals surface area contributed by atoms with Gasteiger partial charge in [0.25, 0.3) is 0 Å². The van der Waals surface area contributed by atoms with Crippen LogP contribution in [0.3, 0.4) is 0 Å². The van der Waals surface area contributed by atoms with Gasteiger partial charge in [-0.25, -0.2) is 0 Å². The van der Waals surface area contributed by atoms with Crippen LogP contribution in [0.2, 0.25) is 0 Å². The summed E-state index contributed by atoms with van der Waals surface area (Å²) in [4.78, 5) is 16.0. The number of likely N-dealkylation sites (tertiary alicyclic amines) is 1. The molecule has 2 aliphatic heterocycles. The largest absolute Gasteiger partial charge is 0.497 e. The van der Waals surface area contributed by atoms with Crippen molar-refractivity contribution in [3.8, 4) is 5.75 Å². The minimum absolute atomic E-state index is 0.491. The number of hydrogen-bond acceptors (Lipinski definition) is 10. The van der Waals surface area contributed by atoms with Crippen LogP contribution in [-0.4, -0.2) is 108 Å². The third kappa shape index (κ3) is 13.2. The first-order chi connectivity index (χ1) is 18.4. The third-order valence-electron chi connectivity index (χ3n) is 6.80. The molecule has 1 unspecified atom stereocenters. The average molecular weight is 549 g/mol. The molecule has 3 aliphatic rings. The summed E-state index contributed by atoms with van der Waals surface area (Å²) < 4.78 is 10.0. The SMILES string of the molecule is CN1CCCC(CN2CCNCC2)C1.CO/C(CNC1CC1)=N\N=C\C=O.COc1cc(C)c(S)c(C)c1. The number of hydrogen-bond donors (Lipinski definition) is 3. The number of aldehydes is 1. The number of carbonyl (C=O) groups is 1. The van der Waals surface area contributed by atoms with Gasteiger partial charge < -0.3 is 29.9 Å². The summed E-state index contributed by atoms with van der Waals surface area (Å²) in [7, 11) is 5.46. The Morgan fingerprint density at radius 2 is 1.84 bits per heavy atom. The van der Waals surface area contributed by atoms with Crippen molar-refractivity contribution < 1.29 is 14.3 Å². The molecule has 2 N–H and O–H groups in total. The molecule has 0 aromatic heterocycles. The number of methoxy groups -OCH3 is 2. The minimum atomic E-state index is 0.491. The van der Waals surface area contributed by atoms with Crippen LogP contribution < -0.4 is 15.4 Å². The summed E-state index contributed by atoms with van der Waals surface area (Å²) in [5.41, 5.74) is 2.32. The Morgan fingerprint density at radius 1 is 1.16 bits per heavy atom. The maximum absolute atomic E-state index is 9.88. The highest BCUT2D eigenvalue weighted by Crippen LogP contribution is 2.24. The van der Waals surface area contributed by atoms with Crippen LogP contribution in [0.15, 0.2) is 27.2 Å². The quantitative estimate of drug-likeness (QED) is 0.151. The summed E-state index contributed by atoms with van der Waals surface area (Å²) in [6.07, 6.45) is 6.92. The number of nitrogens with zero attached hydrogens (tertiary/aromatic N) is 4. The molecule has 214 valence electrons. The van der Waals surface area contributed by atoms with Gasteiger partial charge in [-0.2, -0.15) is 5.10 Å². The zero-order chi connectivity index (χ0) is 27.8. The molecule has 0 spiro atoms. The van der Waals surface area contributed by atoms with E-state index in [1.807, 2.05) is 26.0 Å². The number of piperidine rings is 1. The number of ether oxygens (including phenoxy) is 2. The van der Waals surface area contributed by atoms with Crippen LogP contribution >= 0.6 is 12.6 Å². The second-order valence-corrected chi connectivity index (χ2v) is 10.6. The van der Waals surface area contributed by atoms with E-state index in [0.29, 0.717) is 24.8 Å². The number of benzene rings is 1.